The van der Waals surface area contributed by atoms with Crippen LogP contribution in [0.25, 0.3) is 10.9 Å². The fourth-order valence-corrected chi connectivity index (χ4v) is 3.80. The number of nitrogens with one attached hydrogen (secondary N) is 1. The minimum Gasteiger partial charge on any atom is -0.484 e. The van der Waals surface area contributed by atoms with Crippen LogP contribution in [0.4, 0.5) is 5.82 Å². The number of fused-ring (bicyclic) bond motifs is 1. The average molecular weight is 437 g/mol. The lowest BCUT2D eigenvalue weighted by Crippen LogP contribution is -2.32. The molecule has 160 valence electrons. The summed E-state index contributed by atoms with van der Waals surface area (Å²) in [5.74, 6) is 1.39. The first-order valence-corrected chi connectivity index (χ1v) is 10.8. The van der Waals surface area contributed by atoms with Crippen molar-refractivity contribution in [3.63, 3.8) is 0 Å². The van der Waals surface area contributed by atoms with E-state index in [-0.39, 0.29) is 12.5 Å². The highest BCUT2D eigenvalue weighted by Crippen LogP contribution is 2.23. The van der Waals surface area contributed by atoms with E-state index >= 15 is 0 Å². The molecule has 0 saturated carbocycles. The summed E-state index contributed by atoms with van der Waals surface area (Å²) in [7, 11) is 0. The number of pyridine rings is 1. The Balaban J connectivity index is 1.38. The van der Waals surface area contributed by atoms with Gasteiger partial charge in [-0.3, -0.25) is 10.2 Å². The molecule has 0 radical (unpaired) electrons. The second-order valence-corrected chi connectivity index (χ2v) is 8.13. The average Bonchev–Trinajstić information content (AvgIpc) is 3.32. The fraction of sp³-hybridized carbons (Fsp3) is 0.292. The molecule has 0 spiro atoms. The first-order valence-electron chi connectivity index (χ1n) is 10.4. The van der Waals surface area contributed by atoms with Crippen molar-refractivity contribution in [2.24, 2.45) is 5.10 Å². The molecule has 6 nitrogen and oxygen atoms in total. The molecule has 1 aliphatic rings. The van der Waals surface area contributed by atoms with Gasteiger partial charge in [-0.05, 0) is 86.3 Å². The Hall–Kier alpha value is -3.12. The van der Waals surface area contributed by atoms with Crippen LogP contribution in [0.5, 0.6) is 5.75 Å². The number of anilines is 1. The van der Waals surface area contributed by atoms with Crippen LogP contribution in [0.3, 0.4) is 0 Å². The highest BCUT2D eigenvalue weighted by Gasteiger charge is 2.18. The molecular weight excluding hydrogens is 412 g/mol. The van der Waals surface area contributed by atoms with Gasteiger partial charge in [0.1, 0.15) is 11.6 Å². The molecule has 0 aliphatic carbocycles. The summed E-state index contributed by atoms with van der Waals surface area (Å²) in [5, 5.41) is 6.18. The van der Waals surface area contributed by atoms with E-state index in [1.807, 2.05) is 67.3 Å². The second kappa shape index (κ2) is 9.35. The lowest BCUT2D eigenvalue weighted by Gasteiger charge is -2.15. The molecule has 0 bridgehead atoms. The van der Waals surface area contributed by atoms with E-state index in [9.17, 15) is 4.79 Å². The Morgan fingerprint density at radius 3 is 2.65 bits per heavy atom. The Morgan fingerprint density at radius 1 is 1.16 bits per heavy atom. The molecule has 1 aromatic heterocycles. The van der Waals surface area contributed by atoms with Crippen molar-refractivity contribution < 1.29 is 9.53 Å². The summed E-state index contributed by atoms with van der Waals surface area (Å²) in [6.45, 7) is 5.70. The molecule has 31 heavy (non-hydrogen) atoms. The smallest absolute Gasteiger partial charge is 0.260 e. The van der Waals surface area contributed by atoms with E-state index < -0.39 is 0 Å². The van der Waals surface area contributed by atoms with Gasteiger partial charge in [-0.2, -0.15) is 5.10 Å². The largest absolute Gasteiger partial charge is 0.484 e. The monoisotopic (exact) mass is 436 g/mol. The zero-order valence-corrected chi connectivity index (χ0v) is 18.4. The molecular formula is C24H25ClN4O2. The fourth-order valence-electron chi connectivity index (χ4n) is 3.62. The van der Waals surface area contributed by atoms with Crippen LogP contribution >= 0.6 is 11.6 Å². The van der Waals surface area contributed by atoms with Gasteiger partial charge in [0.25, 0.3) is 5.91 Å². The van der Waals surface area contributed by atoms with Crippen molar-refractivity contribution in [2.75, 3.05) is 25.1 Å². The zero-order valence-electron chi connectivity index (χ0n) is 17.7. The van der Waals surface area contributed by atoms with Crippen molar-refractivity contribution in [1.29, 1.82) is 0 Å². The van der Waals surface area contributed by atoms with Gasteiger partial charge in [0.15, 0.2) is 6.61 Å². The second-order valence-electron chi connectivity index (χ2n) is 7.70. The molecule has 7 heteroatoms. The molecule has 1 saturated heterocycles. The number of rotatable bonds is 6. The summed E-state index contributed by atoms with van der Waals surface area (Å²) in [5.41, 5.74) is 6.75. The number of carbonyl (C=O) groups is 1. The van der Waals surface area contributed by atoms with Crippen LogP contribution in [0, 0.1) is 6.92 Å². The number of hydrogen-bond donors (Lipinski definition) is 1. The van der Waals surface area contributed by atoms with Crippen LogP contribution < -0.4 is 10.2 Å². The Kier molecular flexibility index (Phi) is 6.37. The minimum absolute atomic E-state index is 0.0453. The van der Waals surface area contributed by atoms with Crippen LogP contribution in [-0.2, 0) is 4.79 Å². The van der Waals surface area contributed by atoms with E-state index in [4.69, 9.17) is 16.3 Å². The topological polar surface area (TPSA) is 66.8 Å². The lowest BCUT2D eigenvalue weighted by atomic mass is 10.1. The molecule has 1 N–H and O–H groups in total. The summed E-state index contributed by atoms with van der Waals surface area (Å²) < 4.78 is 5.64. The Morgan fingerprint density at radius 2 is 1.90 bits per heavy atom. The molecule has 3 aromatic rings. The standard InChI is InChI=1S/C24H25ClN4O2/c1-16-13-23(26-22-10-7-19(25)14-21(16)22)28-27-17(2)18-5-8-20(9-6-18)31-15-24(30)29-11-3-4-12-29/h5-10,13-14H,3-4,11-12,15H2,1-2H3,(H,26,28)/b27-17-. The van der Waals surface area contributed by atoms with Gasteiger partial charge >= 0.3 is 0 Å². The molecule has 0 atom stereocenters. The van der Waals surface area contributed by atoms with Crippen LogP contribution in [0.1, 0.15) is 30.9 Å². The first kappa shape index (κ1) is 21.1. The van der Waals surface area contributed by atoms with Crippen LogP contribution in [0.15, 0.2) is 53.6 Å². The molecule has 4 rings (SSSR count). The number of hydrazone groups is 1. The summed E-state index contributed by atoms with van der Waals surface area (Å²) in [4.78, 5) is 18.5. The normalized spacial score (nSPS) is 14.2. The maximum Gasteiger partial charge on any atom is 0.260 e. The van der Waals surface area contributed by atoms with Crippen molar-refractivity contribution in [3.8, 4) is 5.75 Å². The first-order chi connectivity index (χ1) is 15.0. The molecule has 2 heterocycles. The molecule has 1 fully saturated rings. The van der Waals surface area contributed by atoms with Crippen LogP contribution in [-0.4, -0.2) is 41.2 Å². The molecule has 1 amide bonds. The minimum atomic E-state index is 0.0453. The third kappa shape index (κ3) is 5.14. The predicted octanol–water partition coefficient (Wildman–Crippen LogP) is 5.03. The predicted molar refractivity (Wildman–Crippen MR) is 125 cm³/mol. The Bertz CT molecular complexity index is 1120. The third-order valence-corrected chi connectivity index (χ3v) is 5.64. The Labute approximate surface area is 186 Å². The summed E-state index contributed by atoms with van der Waals surface area (Å²) in [6, 6.07) is 15.2. The van der Waals surface area contributed by atoms with Gasteiger partial charge < -0.3 is 9.64 Å². The van der Waals surface area contributed by atoms with E-state index in [1.54, 1.807) is 0 Å². The van der Waals surface area contributed by atoms with Gasteiger partial charge in [-0.25, -0.2) is 4.98 Å². The summed E-state index contributed by atoms with van der Waals surface area (Å²) >= 11 is 6.08. The lowest BCUT2D eigenvalue weighted by molar-refractivity contribution is -0.132. The highest BCUT2D eigenvalue weighted by atomic mass is 35.5. The maximum atomic E-state index is 12.1. The maximum absolute atomic E-state index is 12.1. The number of carbonyl (C=O) groups excluding carboxylic acids is 1. The van der Waals surface area contributed by atoms with E-state index in [0.717, 1.165) is 53.7 Å². The van der Waals surface area contributed by atoms with Crippen molar-refractivity contribution >= 4 is 39.9 Å². The molecule has 0 unspecified atom stereocenters. The van der Waals surface area contributed by atoms with E-state index in [1.165, 1.54) is 0 Å². The molecule has 2 aromatic carbocycles. The highest BCUT2D eigenvalue weighted by molar-refractivity contribution is 6.31. The van der Waals surface area contributed by atoms with Crippen molar-refractivity contribution in [2.45, 2.75) is 26.7 Å². The van der Waals surface area contributed by atoms with Gasteiger partial charge in [-0.1, -0.05) is 11.6 Å². The summed E-state index contributed by atoms with van der Waals surface area (Å²) in [6.07, 6.45) is 2.16. The van der Waals surface area contributed by atoms with Crippen molar-refractivity contribution in [3.05, 3.63) is 64.7 Å². The quantitative estimate of drug-likeness (QED) is 0.434. The third-order valence-electron chi connectivity index (χ3n) is 5.41. The number of aromatic nitrogens is 1. The number of halogens is 1. The van der Waals surface area contributed by atoms with Gasteiger partial charge in [0.2, 0.25) is 0 Å². The van der Waals surface area contributed by atoms with Gasteiger partial charge in [0.05, 0.1) is 11.2 Å². The number of nitrogens with zero attached hydrogens (tertiary/aromatic N) is 3. The number of likely N-dealkylation sites (tertiary alicyclic amines) is 1. The van der Waals surface area contributed by atoms with E-state index in [2.05, 4.69) is 15.5 Å². The molecule has 1 aliphatic heterocycles. The van der Waals surface area contributed by atoms with E-state index in [0.29, 0.717) is 16.6 Å². The van der Waals surface area contributed by atoms with Gasteiger partial charge in [0, 0.05) is 23.5 Å². The number of amides is 1. The SMILES string of the molecule is C/C(=N/Nc1cc(C)c2cc(Cl)ccc2n1)c1ccc(OCC(=O)N2CCCC2)cc1. The zero-order chi connectivity index (χ0) is 21.8. The van der Waals surface area contributed by atoms with Crippen molar-refractivity contribution in [1.82, 2.24) is 9.88 Å². The van der Waals surface area contributed by atoms with Gasteiger partial charge in [-0.15, -0.1) is 0 Å². The number of ether oxygens (including phenoxy) is 1. The number of hydrogen-bond acceptors (Lipinski definition) is 5. The number of benzene rings is 2. The number of aryl methyl sites for hydroxylation is 1. The van der Waals surface area contributed by atoms with Crippen LogP contribution in [0.2, 0.25) is 5.02 Å².